The smallest absolute Gasteiger partial charge is 0.343 e. The number of morpholine rings is 1. The van der Waals surface area contributed by atoms with Crippen LogP contribution in [0.25, 0.3) is 27.3 Å². The van der Waals surface area contributed by atoms with Crippen LogP contribution in [0.3, 0.4) is 0 Å². The topological polar surface area (TPSA) is 73.7 Å². The number of pyridine rings is 1. The lowest BCUT2D eigenvalue weighted by Crippen LogP contribution is -2.46. The predicted octanol–water partition coefficient (Wildman–Crippen LogP) is 5.95. The molecule has 38 heavy (non-hydrogen) atoms. The molecular formula is C27H24BrF2N3O4S. The van der Waals surface area contributed by atoms with E-state index in [9.17, 15) is 9.59 Å². The van der Waals surface area contributed by atoms with Crippen molar-refractivity contribution in [2.45, 2.75) is 33.0 Å². The van der Waals surface area contributed by atoms with Crippen molar-refractivity contribution >= 4 is 49.8 Å². The van der Waals surface area contributed by atoms with Crippen LogP contribution in [-0.2, 0) is 9.47 Å². The van der Waals surface area contributed by atoms with Gasteiger partial charge in [-0.3, -0.25) is 9.36 Å². The summed E-state index contributed by atoms with van der Waals surface area (Å²) in [4.78, 5) is 32.2. The number of halogens is 3. The number of anilines is 1. The molecule has 2 atom stereocenters. The minimum atomic E-state index is -0.908. The first-order chi connectivity index (χ1) is 18.2. The van der Waals surface area contributed by atoms with Crippen molar-refractivity contribution in [1.29, 1.82) is 0 Å². The second-order valence-electron chi connectivity index (χ2n) is 9.06. The molecule has 0 unspecified atom stereocenters. The van der Waals surface area contributed by atoms with Crippen molar-refractivity contribution in [2.24, 2.45) is 0 Å². The van der Waals surface area contributed by atoms with Crippen LogP contribution in [0.15, 0.2) is 51.2 Å². The number of hydrogen-bond donors (Lipinski definition) is 0. The van der Waals surface area contributed by atoms with Gasteiger partial charge in [0.2, 0.25) is 5.43 Å². The predicted molar refractivity (Wildman–Crippen MR) is 146 cm³/mol. The quantitative estimate of drug-likeness (QED) is 0.263. The van der Waals surface area contributed by atoms with Crippen LogP contribution in [0.5, 0.6) is 0 Å². The lowest BCUT2D eigenvalue weighted by atomic mass is 10.1. The number of hydrogen-bond acceptors (Lipinski definition) is 7. The average molecular weight is 604 g/mol. The first-order valence-electron chi connectivity index (χ1n) is 12.0. The Bertz CT molecular complexity index is 1580. The number of ether oxygens (including phenoxy) is 2. The van der Waals surface area contributed by atoms with Gasteiger partial charge >= 0.3 is 5.97 Å². The number of carbonyl (C=O) groups excluding carboxylic acids is 1. The van der Waals surface area contributed by atoms with Crippen LogP contribution in [0, 0.1) is 11.6 Å². The summed E-state index contributed by atoms with van der Waals surface area (Å²) >= 11 is 4.61. The minimum absolute atomic E-state index is 0.0380. The van der Waals surface area contributed by atoms with Gasteiger partial charge in [-0.05, 0) is 39.0 Å². The van der Waals surface area contributed by atoms with Gasteiger partial charge in [-0.15, -0.1) is 11.3 Å². The van der Waals surface area contributed by atoms with E-state index in [0.29, 0.717) is 10.8 Å². The third-order valence-electron chi connectivity index (χ3n) is 6.23. The lowest BCUT2D eigenvalue weighted by molar-refractivity contribution is -0.00557. The molecule has 3 heterocycles. The van der Waals surface area contributed by atoms with E-state index in [1.807, 2.05) is 38.1 Å². The minimum Gasteiger partial charge on any atom is -0.462 e. The molecule has 0 N–H and O–H groups in total. The molecule has 0 bridgehead atoms. The number of fused-ring (bicyclic) bond motifs is 1. The summed E-state index contributed by atoms with van der Waals surface area (Å²) in [6, 6.07) is 8.50. The summed E-state index contributed by atoms with van der Waals surface area (Å²) in [5, 5.41) is 1.82. The highest BCUT2D eigenvalue weighted by molar-refractivity contribution is 9.10. The Kier molecular flexibility index (Phi) is 7.34. The van der Waals surface area contributed by atoms with E-state index in [1.165, 1.54) is 22.1 Å². The zero-order chi connectivity index (χ0) is 27.1. The van der Waals surface area contributed by atoms with Crippen LogP contribution >= 0.6 is 27.3 Å². The Labute approximate surface area is 229 Å². The normalized spacial score (nSPS) is 17.7. The Hall–Kier alpha value is -3.15. The third-order valence-corrected chi connectivity index (χ3v) is 7.59. The molecule has 7 nitrogen and oxygen atoms in total. The standard InChI is InChI=1S/C27H24BrF2N3O4S/c1-4-36-26(35)19-12-33(27-31-21(13-38-27)16-5-7-17(28)8-6-16)23-18(25(19)34)9-20(29)24(22(23)30)32-10-14(2)37-15(3)11-32/h5-9,12-15H,4,10-11H2,1-3H3/t14-,15-/m1/s1. The number of rotatable bonds is 5. The van der Waals surface area contributed by atoms with Crippen LogP contribution in [0.2, 0.25) is 0 Å². The second kappa shape index (κ2) is 10.5. The molecule has 2 aromatic heterocycles. The molecule has 5 rings (SSSR count). The van der Waals surface area contributed by atoms with Gasteiger partial charge in [-0.25, -0.2) is 18.6 Å². The first-order valence-corrected chi connectivity index (χ1v) is 13.7. The number of benzene rings is 2. The van der Waals surface area contributed by atoms with Crippen molar-refractivity contribution in [3.63, 3.8) is 0 Å². The van der Waals surface area contributed by atoms with Crippen molar-refractivity contribution in [3.05, 3.63) is 73.8 Å². The zero-order valence-electron chi connectivity index (χ0n) is 20.8. The van der Waals surface area contributed by atoms with E-state index >= 15 is 8.78 Å². The van der Waals surface area contributed by atoms with Crippen LogP contribution < -0.4 is 10.3 Å². The van der Waals surface area contributed by atoms with E-state index in [0.717, 1.165) is 16.1 Å². The first kappa shape index (κ1) is 26.5. The van der Waals surface area contributed by atoms with E-state index in [-0.39, 0.29) is 54.1 Å². The number of thiazole rings is 1. The third kappa shape index (κ3) is 4.85. The fraction of sp³-hybridized carbons (Fsp3) is 0.296. The van der Waals surface area contributed by atoms with Gasteiger partial charge < -0.3 is 14.4 Å². The lowest BCUT2D eigenvalue weighted by Gasteiger charge is -2.37. The van der Waals surface area contributed by atoms with E-state index in [4.69, 9.17) is 9.47 Å². The number of aromatic nitrogens is 2. The summed E-state index contributed by atoms with van der Waals surface area (Å²) in [5.41, 5.74) is -0.104. The Morgan fingerprint density at radius 2 is 1.89 bits per heavy atom. The van der Waals surface area contributed by atoms with Crippen LogP contribution in [0.4, 0.5) is 14.5 Å². The van der Waals surface area contributed by atoms with Gasteiger partial charge in [0, 0.05) is 34.7 Å². The SMILES string of the molecule is CCOC(=O)c1cn(-c2nc(-c3ccc(Br)cc3)cs2)c2c(F)c(N3C[C@@H](C)O[C@H](C)C3)c(F)cc2c1=O. The summed E-state index contributed by atoms with van der Waals surface area (Å²) in [7, 11) is 0. The van der Waals surface area contributed by atoms with Crippen LogP contribution in [0.1, 0.15) is 31.1 Å². The summed E-state index contributed by atoms with van der Waals surface area (Å²) in [6.45, 7) is 5.87. The van der Waals surface area contributed by atoms with Gasteiger partial charge in [0.25, 0.3) is 0 Å². The fourth-order valence-corrected chi connectivity index (χ4v) is 5.77. The summed E-state index contributed by atoms with van der Waals surface area (Å²) < 4.78 is 44.8. The Morgan fingerprint density at radius 3 is 2.55 bits per heavy atom. The van der Waals surface area contributed by atoms with E-state index < -0.39 is 23.0 Å². The summed E-state index contributed by atoms with van der Waals surface area (Å²) in [6.07, 6.45) is 0.741. The molecule has 198 valence electrons. The molecule has 0 saturated carbocycles. The Balaban J connectivity index is 1.75. The van der Waals surface area contributed by atoms with Gasteiger partial charge in [0.05, 0.1) is 35.4 Å². The molecular weight excluding hydrogens is 580 g/mol. The fourth-order valence-electron chi connectivity index (χ4n) is 4.69. The summed E-state index contributed by atoms with van der Waals surface area (Å²) in [5.74, 6) is -2.68. The zero-order valence-corrected chi connectivity index (χ0v) is 23.2. The van der Waals surface area contributed by atoms with E-state index in [2.05, 4.69) is 20.9 Å². The van der Waals surface area contributed by atoms with Crippen molar-refractivity contribution < 1.29 is 23.0 Å². The van der Waals surface area contributed by atoms with Crippen molar-refractivity contribution in [3.8, 4) is 16.4 Å². The van der Waals surface area contributed by atoms with E-state index in [1.54, 1.807) is 17.2 Å². The molecule has 0 amide bonds. The second-order valence-corrected chi connectivity index (χ2v) is 10.8. The molecule has 1 saturated heterocycles. The van der Waals surface area contributed by atoms with Crippen molar-refractivity contribution in [2.75, 3.05) is 24.6 Å². The molecule has 2 aromatic carbocycles. The maximum absolute atomic E-state index is 16.3. The van der Waals surface area contributed by atoms with Gasteiger partial charge in [-0.1, -0.05) is 28.1 Å². The van der Waals surface area contributed by atoms with Gasteiger partial charge in [-0.2, -0.15) is 0 Å². The van der Waals surface area contributed by atoms with Crippen molar-refractivity contribution in [1.82, 2.24) is 9.55 Å². The number of nitrogens with zero attached hydrogens (tertiary/aromatic N) is 3. The highest BCUT2D eigenvalue weighted by Crippen LogP contribution is 2.34. The maximum Gasteiger partial charge on any atom is 0.343 e. The molecule has 1 aliphatic rings. The van der Waals surface area contributed by atoms with Crippen LogP contribution in [-0.4, -0.2) is 47.4 Å². The highest BCUT2D eigenvalue weighted by Gasteiger charge is 2.30. The largest absolute Gasteiger partial charge is 0.462 e. The highest BCUT2D eigenvalue weighted by atomic mass is 79.9. The number of carbonyl (C=O) groups is 1. The molecule has 1 fully saturated rings. The van der Waals surface area contributed by atoms with Gasteiger partial charge in [0.1, 0.15) is 17.1 Å². The maximum atomic E-state index is 16.3. The molecule has 0 spiro atoms. The molecule has 0 radical (unpaired) electrons. The molecule has 11 heteroatoms. The molecule has 1 aliphatic heterocycles. The van der Waals surface area contributed by atoms with Gasteiger partial charge in [0.15, 0.2) is 10.9 Å². The average Bonchev–Trinajstić information content (AvgIpc) is 3.35. The molecule has 0 aliphatic carbocycles. The monoisotopic (exact) mass is 603 g/mol. The Morgan fingerprint density at radius 1 is 1.21 bits per heavy atom. The number of esters is 1. The molecule has 4 aromatic rings.